The van der Waals surface area contributed by atoms with Gasteiger partial charge in [0.25, 0.3) is 0 Å². The minimum absolute atomic E-state index is 0.365. The molecule has 1 radical (unpaired) electrons. The highest BCUT2D eigenvalue weighted by Gasteiger charge is 1.94. The summed E-state index contributed by atoms with van der Waals surface area (Å²) >= 11 is 5.54. The van der Waals surface area contributed by atoms with Gasteiger partial charge in [-0.25, -0.2) is 4.39 Å². The molecule has 0 saturated heterocycles. The van der Waals surface area contributed by atoms with Gasteiger partial charge in [-0.1, -0.05) is 23.7 Å². The Labute approximate surface area is 63.9 Å². The van der Waals surface area contributed by atoms with Gasteiger partial charge in [0.05, 0.1) is 0 Å². The summed E-state index contributed by atoms with van der Waals surface area (Å²) in [5.41, 5.74) is 0.365. The molecule has 0 bridgehead atoms. The fourth-order valence-corrected chi connectivity index (χ4v) is 0.735. The highest BCUT2D eigenvalue weighted by molar-refractivity contribution is 6.30. The lowest BCUT2D eigenvalue weighted by molar-refractivity contribution is 0.761. The van der Waals surface area contributed by atoms with Crippen LogP contribution < -0.4 is 0 Å². The quantitative estimate of drug-likeness (QED) is 0.585. The summed E-state index contributed by atoms with van der Waals surface area (Å²) in [6, 6.07) is 6.22. The summed E-state index contributed by atoms with van der Waals surface area (Å²) in [6.45, 7) is 4.87. The average Bonchev–Trinajstić information content (AvgIpc) is 1.88. The van der Waals surface area contributed by atoms with Gasteiger partial charge in [-0.3, -0.25) is 0 Å². The van der Waals surface area contributed by atoms with Gasteiger partial charge in [-0.2, -0.15) is 0 Å². The van der Waals surface area contributed by atoms with Crippen molar-refractivity contribution in [1.29, 1.82) is 0 Å². The predicted octanol–water partition coefficient (Wildman–Crippen LogP) is 3.08. The number of halogens is 2. The minimum atomic E-state index is -0.684. The number of hydrogen-bond acceptors (Lipinski definition) is 0. The van der Waals surface area contributed by atoms with E-state index < -0.39 is 5.83 Å². The lowest BCUT2D eigenvalue weighted by Gasteiger charge is -1.93. The van der Waals surface area contributed by atoms with Crippen LogP contribution in [0, 0.1) is 6.58 Å². The molecule has 10 heavy (non-hydrogen) atoms. The third kappa shape index (κ3) is 1.58. The Hall–Kier alpha value is -0.820. The van der Waals surface area contributed by atoms with E-state index in [0.29, 0.717) is 10.6 Å². The monoisotopic (exact) mass is 155 g/mol. The maximum absolute atomic E-state index is 12.2. The van der Waals surface area contributed by atoms with Crippen LogP contribution in [0.15, 0.2) is 24.3 Å². The van der Waals surface area contributed by atoms with E-state index in [-0.39, 0.29) is 0 Å². The van der Waals surface area contributed by atoms with E-state index in [1.54, 1.807) is 12.1 Å². The molecule has 1 rings (SSSR count). The van der Waals surface area contributed by atoms with E-state index in [1.807, 2.05) is 0 Å². The molecule has 0 nitrogen and oxygen atoms in total. The van der Waals surface area contributed by atoms with Crippen molar-refractivity contribution in [2.24, 2.45) is 0 Å². The van der Waals surface area contributed by atoms with Crippen molar-refractivity contribution in [3.05, 3.63) is 41.4 Å². The van der Waals surface area contributed by atoms with Gasteiger partial charge in [0, 0.05) is 10.6 Å². The molecule has 0 spiro atoms. The fraction of sp³-hybridized carbons (Fsp3) is 0. The van der Waals surface area contributed by atoms with E-state index >= 15 is 0 Å². The zero-order chi connectivity index (χ0) is 7.56. The fourth-order valence-electron chi connectivity index (χ4n) is 0.609. The van der Waals surface area contributed by atoms with Crippen molar-refractivity contribution in [2.45, 2.75) is 0 Å². The van der Waals surface area contributed by atoms with E-state index in [2.05, 4.69) is 0 Å². The maximum atomic E-state index is 12.2. The lowest BCUT2D eigenvalue weighted by atomic mass is 10.2. The molecule has 1 aromatic rings. The van der Waals surface area contributed by atoms with Crippen LogP contribution in [-0.2, 0) is 0 Å². The molecule has 0 aliphatic heterocycles. The number of rotatable bonds is 1. The van der Waals surface area contributed by atoms with Crippen LogP contribution in [0.5, 0.6) is 0 Å². The molecular weight excluding hydrogens is 151 g/mol. The van der Waals surface area contributed by atoms with Gasteiger partial charge < -0.3 is 0 Å². The van der Waals surface area contributed by atoms with Crippen LogP contribution in [0.2, 0.25) is 5.02 Å². The molecule has 0 atom stereocenters. The van der Waals surface area contributed by atoms with Crippen molar-refractivity contribution in [3.63, 3.8) is 0 Å². The highest BCUT2D eigenvalue weighted by atomic mass is 35.5. The first-order valence-electron chi connectivity index (χ1n) is 2.74. The third-order valence-corrected chi connectivity index (χ3v) is 1.37. The molecule has 0 saturated carbocycles. The predicted molar refractivity (Wildman–Crippen MR) is 40.3 cm³/mol. The Morgan fingerprint density at radius 2 is 1.80 bits per heavy atom. The van der Waals surface area contributed by atoms with Gasteiger partial charge in [0.2, 0.25) is 0 Å². The van der Waals surface area contributed by atoms with Gasteiger partial charge in [0.1, 0.15) is 5.83 Å². The first-order valence-corrected chi connectivity index (χ1v) is 3.12. The van der Waals surface area contributed by atoms with Crippen LogP contribution in [0.4, 0.5) is 4.39 Å². The zero-order valence-electron chi connectivity index (χ0n) is 5.14. The van der Waals surface area contributed by atoms with Crippen LogP contribution >= 0.6 is 11.6 Å². The molecule has 0 N–H and O–H groups in total. The van der Waals surface area contributed by atoms with Crippen molar-refractivity contribution < 1.29 is 4.39 Å². The largest absolute Gasteiger partial charge is 0.206 e. The average molecular weight is 156 g/mol. The second-order valence-electron chi connectivity index (χ2n) is 1.85. The molecule has 0 amide bonds. The van der Waals surface area contributed by atoms with E-state index in [4.69, 9.17) is 18.2 Å². The SMILES string of the molecule is [CH]=C(F)c1ccc(Cl)cc1. The second kappa shape index (κ2) is 2.84. The first kappa shape index (κ1) is 7.29. The van der Waals surface area contributed by atoms with Crippen molar-refractivity contribution >= 4 is 17.4 Å². The normalized spacial score (nSPS) is 9.40. The highest BCUT2D eigenvalue weighted by Crippen LogP contribution is 2.15. The Balaban J connectivity index is 3.00. The molecule has 0 unspecified atom stereocenters. The molecule has 2 heteroatoms. The molecule has 0 aliphatic rings. The second-order valence-corrected chi connectivity index (χ2v) is 2.29. The summed E-state index contributed by atoms with van der Waals surface area (Å²) in [4.78, 5) is 0. The molecule has 0 fully saturated rings. The minimum Gasteiger partial charge on any atom is -0.206 e. The van der Waals surface area contributed by atoms with Gasteiger partial charge in [0.15, 0.2) is 0 Å². The number of benzene rings is 1. The smallest absolute Gasteiger partial charge is 0.130 e. The molecule has 0 aromatic heterocycles. The van der Waals surface area contributed by atoms with Crippen LogP contribution in [0.1, 0.15) is 5.56 Å². The molecule has 0 heterocycles. The van der Waals surface area contributed by atoms with Crippen LogP contribution in [-0.4, -0.2) is 0 Å². The van der Waals surface area contributed by atoms with Gasteiger partial charge in [-0.15, -0.1) is 0 Å². The van der Waals surface area contributed by atoms with Crippen LogP contribution in [0.3, 0.4) is 0 Å². The first-order chi connectivity index (χ1) is 4.70. The summed E-state index contributed by atoms with van der Waals surface area (Å²) in [5, 5.41) is 0.574. The molecular formula is C8H5ClF. The molecule has 0 aliphatic carbocycles. The van der Waals surface area contributed by atoms with E-state index in [9.17, 15) is 4.39 Å². The number of hydrogen-bond donors (Lipinski definition) is 0. The van der Waals surface area contributed by atoms with E-state index in [1.165, 1.54) is 12.1 Å². The Bertz CT molecular complexity index is 238. The van der Waals surface area contributed by atoms with Crippen molar-refractivity contribution in [3.8, 4) is 0 Å². The van der Waals surface area contributed by atoms with Crippen molar-refractivity contribution in [2.75, 3.05) is 0 Å². The molecule has 51 valence electrons. The molecule has 1 aromatic carbocycles. The topological polar surface area (TPSA) is 0 Å². The maximum Gasteiger partial charge on any atom is 0.130 e. The Morgan fingerprint density at radius 1 is 1.30 bits per heavy atom. The third-order valence-electron chi connectivity index (χ3n) is 1.12. The van der Waals surface area contributed by atoms with Gasteiger partial charge in [-0.05, 0) is 18.7 Å². The standard InChI is InChI=1S/C8H5ClF/c1-6(10)7-2-4-8(9)5-3-7/h1-5H. The van der Waals surface area contributed by atoms with E-state index in [0.717, 1.165) is 0 Å². The summed E-state index contributed by atoms with van der Waals surface area (Å²) in [7, 11) is 0. The lowest BCUT2D eigenvalue weighted by Crippen LogP contribution is -1.73. The summed E-state index contributed by atoms with van der Waals surface area (Å²) in [5.74, 6) is -0.684. The summed E-state index contributed by atoms with van der Waals surface area (Å²) in [6.07, 6.45) is 0. The summed E-state index contributed by atoms with van der Waals surface area (Å²) < 4.78 is 12.2. The Morgan fingerprint density at radius 3 is 2.20 bits per heavy atom. The zero-order valence-corrected chi connectivity index (χ0v) is 5.90. The van der Waals surface area contributed by atoms with Gasteiger partial charge >= 0.3 is 0 Å². The van der Waals surface area contributed by atoms with Crippen molar-refractivity contribution in [1.82, 2.24) is 0 Å². The van der Waals surface area contributed by atoms with Crippen LogP contribution in [0.25, 0.3) is 5.83 Å². The Kier molecular flexibility index (Phi) is 2.07.